The molecule has 0 aliphatic rings. The lowest BCUT2D eigenvalue weighted by Gasteiger charge is -2.06. The standard InChI is InChI=1S/C12H9OS/c14-12-9-5-4-8-11(12)13-10-6-2-1-3-7-10/h1-6,8-9,14H. The van der Waals surface area contributed by atoms with Crippen LogP contribution >= 0.6 is 12.6 Å². The molecule has 0 bridgehead atoms. The number of benzene rings is 2. The molecule has 1 radical (unpaired) electrons. The van der Waals surface area contributed by atoms with Crippen LogP contribution in [0.2, 0.25) is 0 Å². The number of hydrogen-bond donors (Lipinski definition) is 1. The van der Waals surface area contributed by atoms with E-state index in [2.05, 4.69) is 18.7 Å². The van der Waals surface area contributed by atoms with Crippen LogP contribution in [-0.2, 0) is 0 Å². The predicted octanol–water partition coefficient (Wildman–Crippen LogP) is 3.57. The third-order valence-electron chi connectivity index (χ3n) is 1.77. The Morgan fingerprint density at radius 2 is 1.79 bits per heavy atom. The second-order valence-electron chi connectivity index (χ2n) is 2.80. The van der Waals surface area contributed by atoms with Crippen molar-refractivity contribution in [2.75, 3.05) is 0 Å². The Morgan fingerprint density at radius 1 is 1.00 bits per heavy atom. The molecule has 2 rings (SSSR count). The molecule has 0 saturated carbocycles. The van der Waals surface area contributed by atoms with Crippen molar-refractivity contribution in [2.24, 2.45) is 0 Å². The lowest BCUT2D eigenvalue weighted by Crippen LogP contribution is -1.84. The molecule has 0 heterocycles. The zero-order chi connectivity index (χ0) is 9.80. The third-order valence-corrected chi connectivity index (χ3v) is 2.14. The van der Waals surface area contributed by atoms with Crippen molar-refractivity contribution in [3.05, 3.63) is 54.6 Å². The van der Waals surface area contributed by atoms with Gasteiger partial charge in [-0.2, -0.15) is 0 Å². The van der Waals surface area contributed by atoms with E-state index < -0.39 is 0 Å². The molecule has 0 N–H and O–H groups in total. The van der Waals surface area contributed by atoms with E-state index >= 15 is 0 Å². The van der Waals surface area contributed by atoms with Crippen molar-refractivity contribution in [3.63, 3.8) is 0 Å². The molecule has 0 aliphatic heterocycles. The Balaban J connectivity index is 2.24. The second-order valence-corrected chi connectivity index (χ2v) is 3.28. The highest BCUT2D eigenvalue weighted by atomic mass is 32.1. The first-order valence-electron chi connectivity index (χ1n) is 4.29. The zero-order valence-corrected chi connectivity index (χ0v) is 8.37. The van der Waals surface area contributed by atoms with Gasteiger partial charge < -0.3 is 4.74 Å². The van der Waals surface area contributed by atoms with Gasteiger partial charge in [-0.25, -0.2) is 0 Å². The molecule has 0 atom stereocenters. The summed E-state index contributed by atoms with van der Waals surface area (Å²) < 4.78 is 5.58. The molecule has 2 heteroatoms. The molecule has 0 unspecified atom stereocenters. The van der Waals surface area contributed by atoms with E-state index in [4.69, 9.17) is 4.74 Å². The summed E-state index contributed by atoms with van der Waals surface area (Å²) in [5.41, 5.74) is 0. The van der Waals surface area contributed by atoms with Gasteiger partial charge in [-0.05, 0) is 18.2 Å². The first kappa shape index (κ1) is 9.16. The minimum atomic E-state index is 0.703. The van der Waals surface area contributed by atoms with Crippen LogP contribution in [0.15, 0.2) is 53.4 Å². The summed E-state index contributed by atoms with van der Waals surface area (Å²) >= 11 is 4.29. The topological polar surface area (TPSA) is 9.23 Å². The van der Waals surface area contributed by atoms with Crippen LogP contribution in [0.25, 0.3) is 0 Å². The summed E-state index contributed by atoms with van der Waals surface area (Å²) in [7, 11) is 0. The normalized spacial score (nSPS) is 9.79. The summed E-state index contributed by atoms with van der Waals surface area (Å²) in [4.78, 5) is 0.824. The van der Waals surface area contributed by atoms with Crippen molar-refractivity contribution < 1.29 is 4.74 Å². The molecule has 1 nitrogen and oxygen atoms in total. The average molecular weight is 201 g/mol. The van der Waals surface area contributed by atoms with Crippen LogP contribution in [0.4, 0.5) is 0 Å². The second kappa shape index (κ2) is 4.20. The molecule has 2 aromatic rings. The van der Waals surface area contributed by atoms with E-state index in [1.54, 1.807) is 0 Å². The van der Waals surface area contributed by atoms with E-state index in [0.717, 1.165) is 10.6 Å². The smallest absolute Gasteiger partial charge is 0.140 e. The Kier molecular flexibility index (Phi) is 2.75. The maximum Gasteiger partial charge on any atom is 0.140 e. The maximum absolute atomic E-state index is 5.58. The number of ether oxygens (including phenoxy) is 1. The monoisotopic (exact) mass is 201 g/mol. The minimum Gasteiger partial charge on any atom is -0.456 e. The van der Waals surface area contributed by atoms with E-state index in [0.29, 0.717) is 5.75 Å². The molecule has 0 aliphatic carbocycles. The lowest BCUT2D eigenvalue weighted by atomic mass is 10.3. The molecule has 69 valence electrons. The quantitative estimate of drug-likeness (QED) is 0.731. The van der Waals surface area contributed by atoms with Crippen LogP contribution in [0.3, 0.4) is 0 Å². The van der Waals surface area contributed by atoms with Crippen molar-refractivity contribution in [3.8, 4) is 11.5 Å². The fourth-order valence-corrected chi connectivity index (χ4v) is 1.31. The SMILES string of the molecule is Sc1ccccc1Oc1[c]cccc1. The number of rotatable bonds is 2. The molecule has 0 saturated heterocycles. The fraction of sp³-hybridized carbons (Fsp3) is 0. The number of thiol groups is 1. The Morgan fingerprint density at radius 3 is 2.50 bits per heavy atom. The van der Waals surface area contributed by atoms with Crippen LogP contribution in [0, 0.1) is 6.07 Å². The van der Waals surface area contributed by atoms with Gasteiger partial charge in [0.15, 0.2) is 0 Å². The van der Waals surface area contributed by atoms with Crippen molar-refractivity contribution in [2.45, 2.75) is 4.90 Å². The summed E-state index contributed by atoms with van der Waals surface area (Å²) in [5.74, 6) is 1.45. The van der Waals surface area contributed by atoms with Crippen LogP contribution in [0.5, 0.6) is 11.5 Å². The van der Waals surface area contributed by atoms with Crippen LogP contribution in [0.1, 0.15) is 0 Å². The lowest BCUT2D eigenvalue weighted by molar-refractivity contribution is 0.470. The summed E-state index contributed by atoms with van der Waals surface area (Å²) in [6.45, 7) is 0. The first-order chi connectivity index (χ1) is 6.86. The highest BCUT2D eigenvalue weighted by molar-refractivity contribution is 7.80. The molecule has 0 amide bonds. The van der Waals surface area contributed by atoms with Gasteiger partial charge in [0.1, 0.15) is 11.5 Å². The molecule has 0 spiro atoms. The Hall–Kier alpha value is -1.41. The van der Waals surface area contributed by atoms with E-state index in [1.165, 1.54) is 0 Å². The van der Waals surface area contributed by atoms with Gasteiger partial charge in [-0.15, -0.1) is 12.6 Å². The van der Waals surface area contributed by atoms with Gasteiger partial charge >= 0.3 is 0 Å². The van der Waals surface area contributed by atoms with Crippen molar-refractivity contribution in [1.29, 1.82) is 0 Å². The number of para-hydroxylation sites is 2. The van der Waals surface area contributed by atoms with Gasteiger partial charge in [-0.3, -0.25) is 0 Å². The molecule has 14 heavy (non-hydrogen) atoms. The largest absolute Gasteiger partial charge is 0.456 e. The number of hydrogen-bond acceptors (Lipinski definition) is 2. The molecular weight excluding hydrogens is 192 g/mol. The minimum absolute atomic E-state index is 0.703. The summed E-state index contributed by atoms with van der Waals surface area (Å²) in [6.07, 6.45) is 0. The van der Waals surface area contributed by atoms with Gasteiger partial charge in [0.2, 0.25) is 0 Å². The molecule has 0 aromatic heterocycles. The zero-order valence-electron chi connectivity index (χ0n) is 7.47. The van der Waals surface area contributed by atoms with Crippen LogP contribution < -0.4 is 4.74 Å². The van der Waals surface area contributed by atoms with Gasteiger partial charge in [-0.1, -0.05) is 30.3 Å². The molecule has 2 aromatic carbocycles. The summed E-state index contributed by atoms with van der Waals surface area (Å²) in [5, 5.41) is 0. The highest BCUT2D eigenvalue weighted by Crippen LogP contribution is 2.26. The van der Waals surface area contributed by atoms with E-state index in [-0.39, 0.29) is 0 Å². The van der Waals surface area contributed by atoms with E-state index in [1.807, 2.05) is 48.5 Å². The van der Waals surface area contributed by atoms with Gasteiger partial charge in [0, 0.05) is 11.0 Å². The van der Waals surface area contributed by atoms with E-state index in [9.17, 15) is 0 Å². The van der Waals surface area contributed by atoms with Gasteiger partial charge in [0.05, 0.1) is 0 Å². The molecular formula is C12H9OS. The fourth-order valence-electron chi connectivity index (χ4n) is 1.10. The Labute approximate surface area is 88.8 Å². The van der Waals surface area contributed by atoms with Crippen molar-refractivity contribution in [1.82, 2.24) is 0 Å². The first-order valence-corrected chi connectivity index (χ1v) is 4.73. The summed E-state index contributed by atoms with van der Waals surface area (Å²) in [6, 6.07) is 18.1. The average Bonchev–Trinajstić information content (AvgIpc) is 2.23. The Bertz CT molecular complexity index is 412. The maximum atomic E-state index is 5.58. The van der Waals surface area contributed by atoms with Crippen LogP contribution in [-0.4, -0.2) is 0 Å². The van der Waals surface area contributed by atoms with Gasteiger partial charge in [0.25, 0.3) is 0 Å². The highest BCUT2D eigenvalue weighted by Gasteiger charge is 1.99. The predicted molar refractivity (Wildman–Crippen MR) is 59.0 cm³/mol. The third kappa shape index (κ3) is 2.09. The van der Waals surface area contributed by atoms with Crippen molar-refractivity contribution >= 4 is 12.6 Å². The molecule has 0 fully saturated rings.